The maximum absolute atomic E-state index is 3.86. The number of rotatable bonds is 5. The van der Waals surface area contributed by atoms with Gasteiger partial charge in [0, 0.05) is 17.1 Å². The van der Waals surface area contributed by atoms with Crippen LogP contribution in [0.15, 0.2) is 28.7 Å². The second-order valence-corrected chi connectivity index (χ2v) is 7.78. The van der Waals surface area contributed by atoms with Gasteiger partial charge in [-0.3, -0.25) is 0 Å². The van der Waals surface area contributed by atoms with Gasteiger partial charge in [-0.25, -0.2) is 0 Å². The van der Waals surface area contributed by atoms with Gasteiger partial charge in [0.1, 0.15) is 0 Å². The Balaban J connectivity index is 1.46. The van der Waals surface area contributed by atoms with Gasteiger partial charge in [0.15, 0.2) is 0 Å². The lowest BCUT2D eigenvalue weighted by molar-refractivity contribution is 0.213. The first-order valence-corrected chi connectivity index (χ1v) is 8.99. The predicted molar refractivity (Wildman–Crippen MR) is 89.1 cm³/mol. The van der Waals surface area contributed by atoms with Crippen molar-refractivity contribution >= 4 is 15.9 Å². The molecule has 2 saturated carbocycles. The van der Waals surface area contributed by atoms with Crippen molar-refractivity contribution in [3.8, 4) is 0 Å². The van der Waals surface area contributed by atoms with Gasteiger partial charge >= 0.3 is 0 Å². The van der Waals surface area contributed by atoms with Crippen molar-refractivity contribution in [2.45, 2.75) is 63.8 Å². The van der Waals surface area contributed by atoms with Gasteiger partial charge in [0.2, 0.25) is 0 Å². The molecule has 2 heteroatoms. The molecule has 110 valence electrons. The van der Waals surface area contributed by atoms with E-state index in [2.05, 4.69) is 52.4 Å². The highest BCUT2D eigenvalue weighted by atomic mass is 79.9. The van der Waals surface area contributed by atoms with E-state index in [0.29, 0.717) is 5.41 Å². The maximum atomic E-state index is 3.86. The van der Waals surface area contributed by atoms with E-state index < -0.39 is 0 Å². The highest BCUT2D eigenvalue weighted by molar-refractivity contribution is 9.10. The van der Waals surface area contributed by atoms with Crippen LogP contribution < -0.4 is 5.32 Å². The summed E-state index contributed by atoms with van der Waals surface area (Å²) in [6.07, 6.45) is 9.76. The first-order chi connectivity index (χ1) is 9.71. The average Bonchev–Trinajstić information content (AvgIpc) is 2.86. The predicted octanol–water partition coefficient (Wildman–Crippen LogP) is 5.26. The van der Waals surface area contributed by atoms with Gasteiger partial charge in [-0.05, 0) is 61.1 Å². The summed E-state index contributed by atoms with van der Waals surface area (Å²) in [6.45, 7) is 3.62. The summed E-state index contributed by atoms with van der Waals surface area (Å²) in [7, 11) is 0. The summed E-state index contributed by atoms with van der Waals surface area (Å²) in [5.41, 5.74) is 2.13. The second kappa shape index (κ2) is 6.19. The van der Waals surface area contributed by atoms with E-state index in [1.165, 1.54) is 61.5 Å². The maximum Gasteiger partial charge on any atom is 0.0178 e. The molecule has 2 aliphatic rings. The van der Waals surface area contributed by atoms with Gasteiger partial charge < -0.3 is 5.32 Å². The van der Waals surface area contributed by atoms with Crippen molar-refractivity contribution < 1.29 is 0 Å². The molecular weight excluding hydrogens is 310 g/mol. The van der Waals surface area contributed by atoms with Gasteiger partial charge in [0.05, 0.1) is 0 Å². The molecule has 2 aliphatic carbocycles. The van der Waals surface area contributed by atoms with Crippen LogP contribution in [0.5, 0.6) is 0 Å². The third-order valence-electron chi connectivity index (χ3n) is 5.64. The van der Waals surface area contributed by atoms with Crippen LogP contribution in [0.2, 0.25) is 0 Å². The van der Waals surface area contributed by atoms with Crippen molar-refractivity contribution in [3.05, 3.63) is 34.3 Å². The molecule has 0 radical (unpaired) electrons. The molecule has 0 atom stereocenters. The molecule has 1 N–H and O–H groups in total. The summed E-state index contributed by atoms with van der Waals surface area (Å²) in [4.78, 5) is 0. The summed E-state index contributed by atoms with van der Waals surface area (Å²) in [6, 6.07) is 9.58. The van der Waals surface area contributed by atoms with Crippen molar-refractivity contribution in [1.29, 1.82) is 0 Å². The Labute approximate surface area is 131 Å². The Morgan fingerprint density at radius 3 is 2.65 bits per heavy atom. The van der Waals surface area contributed by atoms with Crippen LogP contribution in [0.1, 0.15) is 63.4 Å². The molecule has 0 saturated heterocycles. The molecule has 0 aliphatic heterocycles. The normalized spacial score (nSPS) is 28.3. The van der Waals surface area contributed by atoms with E-state index in [-0.39, 0.29) is 0 Å². The van der Waals surface area contributed by atoms with Crippen LogP contribution in [-0.4, -0.2) is 12.6 Å². The van der Waals surface area contributed by atoms with Crippen LogP contribution >= 0.6 is 15.9 Å². The third kappa shape index (κ3) is 3.12. The molecule has 2 fully saturated rings. The van der Waals surface area contributed by atoms with E-state index in [4.69, 9.17) is 0 Å². The third-order valence-corrected chi connectivity index (χ3v) is 6.13. The molecular formula is C18H26BrN. The molecule has 0 heterocycles. The van der Waals surface area contributed by atoms with Crippen molar-refractivity contribution in [3.63, 3.8) is 0 Å². The molecule has 1 aromatic rings. The van der Waals surface area contributed by atoms with E-state index in [0.717, 1.165) is 12.0 Å². The van der Waals surface area contributed by atoms with Crippen LogP contribution in [-0.2, 0) is 0 Å². The van der Waals surface area contributed by atoms with E-state index in [1.807, 2.05) is 0 Å². The molecule has 0 bridgehead atoms. The molecule has 0 amide bonds. The molecule has 0 spiro atoms. The molecule has 3 rings (SSSR count). The van der Waals surface area contributed by atoms with E-state index in [9.17, 15) is 0 Å². The molecule has 1 nitrogen and oxygen atoms in total. The molecule has 0 unspecified atom stereocenters. The van der Waals surface area contributed by atoms with Crippen LogP contribution in [0.3, 0.4) is 0 Å². The van der Waals surface area contributed by atoms with Crippen molar-refractivity contribution in [2.24, 2.45) is 5.41 Å². The van der Waals surface area contributed by atoms with Gasteiger partial charge in [-0.1, -0.05) is 47.8 Å². The standard InChI is InChI=1S/C18H26BrN/c1-2-18(8-3-4-9-18)13-20-17-11-15(12-17)14-6-5-7-16(19)10-14/h5-7,10,15,17,20H,2-4,8-9,11-13H2,1H3. The summed E-state index contributed by atoms with van der Waals surface area (Å²) in [5.74, 6) is 0.770. The first kappa shape index (κ1) is 14.6. The van der Waals surface area contributed by atoms with Crippen molar-refractivity contribution in [2.75, 3.05) is 6.54 Å². The van der Waals surface area contributed by atoms with E-state index in [1.54, 1.807) is 0 Å². The minimum atomic E-state index is 0.626. The number of hydrogen-bond acceptors (Lipinski definition) is 1. The summed E-state index contributed by atoms with van der Waals surface area (Å²) < 4.78 is 1.21. The Kier molecular flexibility index (Phi) is 4.52. The lowest BCUT2D eigenvalue weighted by Gasteiger charge is -2.39. The minimum Gasteiger partial charge on any atom is -0.313 e. The lowest BCUT2D eigenvalue weighted by atomic mass is 9.75. The Hall–Kier alpha value is -0.340. The zero-order chi connectivity index (χ0) is 14.0. The van der Waals surface area contributed by atoms with Crippen LogP contribution in [0.25, 0.3) is 0 Å². The lowest BCUT2D eigenvalue weighted by Crippen LogP contribution is -2.44. The highest BCUT2D eigenvalue weighted by Gasteiger charge is 2.35. The second-order valence-electron chi connectivity index (χ2n) is 6.86. The van der Waals surface area contributed by atoms with E-state index >= 15 is 0 Å². The topological polar surface area (TPSA) is 12.0 Å². The van der Waals surface area contributed by atoms with Gasteiger partial charge in [-0.2, -0.15) is 0 Å². The van der Waals surface area contributed by atoms with Crippen LogP contribution in [0.4, 0.5) is 0 Å². The quantitative estimate of drug-likeness (QED) is 0.774. The molecule has 1 aromatic carbocycles. The molecule has 0 aromatic heterocycles. The minimum absolute atomic E-state index is 0.626. The van der Waals surface area contributed by atoms with Gasteiger partial charge in [-0.15, -0.1) is 0 Å². The fraction of sp³-hybridized carbons (Fsp3) is 0.667. The van der Waals surface area contributed by atoms with Crippen LogP contribution in [0, 0.1) is 5.41 Å². The van der Waals surface area contributed by atoms with Gasteiger partial charge in [0.25, 0.3) is 0 Å². The Morgan fingerprint density at radius 2 is 2.00 bits per heavy atom. The number of halogens is 1. The fourth-order valence-electron chi connectivity index (χ4n) is 3.96. The zero-order valence-electron chi connectivity index (χ0n) is 12.5. The largest absolute Gasteiger partial charge is 0.313 e. The monoisotopic (exact) mass is 335 g/mol. The number of hydrogen-bond donors (Lipinski definition) is 1. The highest BCUT2D eigenvalue weighted by Crippen LogP contribution is 2.42. The average molecular weight is 336 g/mol. The summed E-state index contributed by atoms with van der Waals surface area (Å²) >= 11 is 3.58. The SMILES string of the molecule is CCC1(CNC2CC(c3cccc(Br)c3)C2)CCCC1. The first-order valence-electron chi connectivity index (χ1n) is 8.20. The summed E-state index contributed by atoms with van der Waals surface area (Å²) in [5, 5.41) is 3.86. The smallest absolute Gasteiger partial charge is 0.0178 e. The van der Waals surface area contributed by atoms with Crippen molar-refractivity contribution in [1.82, 2.24) is 5.32 Å². The molecule has 20 heavy (non-hydrogen) atoms. The Bertz CT molecular complexity index is 444. The Morgan fingerprint density at radius 1 is 1.25 bits per heavy atom. The number of nitrogens with one attached hydrogen (secondary N) is 1. The fourth-order valence-corrected chi connectivity index (χ4v) is 4.38. The zero-order valence-corrected chi connectivity index (χ0v) is 14.1. The number of benzene rings is 1.